The average molecular weight is 425 g/mol. The normalized spacial score (nSPS) is 53.7. The van der Waals surface area contributed by atoms with Crippen molar-refractivity contribution in [2.45, 2.75) is 96.4 Å². The van der Waals surface area contributed by atoms with Gasteiger partial charge in [-0.15, -0.1) is 0 Å². The molecule has 1 spiro atoms. The fourth-order valence-corrected chi connectivity index (χ4v) is 9.25. The second-order valence-corrected chi connectivity index (χ2v) is 12.3. The smallest absolute Gasteiger partial charge is 0.155 e. The van der Waals surface area contributed by atoms with Crippen LogP contribution in [0.15, 0.2) is 22.8 Å². The molecule has 4 heteroatoms. The monoisotopic (exact) mass is 424 g/mol. The maximum absolute atomic E-state index is 12.1. The molecule has 170 valence electrons. The van der Waals surface area contributed by atoms with Crippen molar-refractivity contribution in [3.05, 3.63) is 22.8 Å². The van der Waals surface area contributed by atoms with Crippen LogP contribution >= 0.6 is 0 Å². The molecule has 31 heavy (non-hydrogen) atoms. The van der Waals surface area contributed by atoms with Gasteiger partial charge in [0.25, 0.3) is 0 Å². The maximum atomic E-state index is 12.1. The zero-order valence-electron chi connectivity index (χ0n) is 19.8. The van der Waals surface area contributed by atoms with Crippen LogP contribution in [-0.2, 0) is 9.53 Å². The maximum Gasteiger partial charge on any atom is 0.155 e. The standard InChI is InChI=1S/C27H40N2O2/c1-15-13-27(28)24(29-14-15)17(3)26(31-27)10-8-20-21-6-5-18-11-19(30)7-9-25(18,4)23(21)12-22(20)16(26)2/h11,15,17,20-21,23-24,29H,5-10,12-14,28H2,1-4H3/t15-,17+,20-,21-,23-,24-,25-,26-,27+/m0/s1. The Labute approximate surface area is 187 Å². The Bertz CT molecular complexity index is 892. The molecule has 0 unspecified atom stereocenters. The van der Waals surface area contributed by atoms with Crippen LogP contribution in [0.1, 0.15) is 79.1 Å². The van der Waals surface area contributed by atoms with Crippen molar-refractivity contribution in [2.24, 2.45) is 40.7 Å². The van der Waals surface area contributed by atoms with Crippen molar-refractivity contribution in [3.63, 3.8) is 0 Å². The number of fused-ring (bicyclic) bond motifs is 6. The summed E-state index contributed by atoms with van der Waals surface area (Å²) in [7, 11) is 0. The van der Waals surface area contributed by atoms with Gasteiger partial charge >= 0.3 is 0 Å². The van der Waals surface area contributed by atoms with Crippen molar-refractivity contribution in [1.82, 2.24) is 5.32 Å². The minimum Gasteiger partial charge on any atom is -0.348 e. The second-order valence-electron chi connectivity index (χ2n) is 12.3. The summed E-state index contributed by atoms with van der Waals surface area (Å²) < 4.78 is 6.99. The summed E-state index contributed by atoms with van der Waals surface area (Å²) in [5.41, 5.74) is 11.1. The summed E-state index contributed by atoms with van der Waals surface area (Å²) in [5, 5.41) is 3.76. The van der Waals surface area contributed by atoms with E-state index in [0.717, 1.165) is 44.6 Å². The zero-order valence-corrected chi connectivity index (χ0v) is 19.8. The Morgan fingerprint density at radius 3 is 2.81 bits per heavy atom. The Kier molecular flexibility index (Phi) is 4.35. The number of ketones is 1. The second kappa shape index (κ2) is 6.55. The van der Waals surface area contributed by atoms with Crippen LogP contribution in [0.3, 0.4) is 0 Å². The average Bonchev–Trinajstić information content (AvgIpc) is 3.20. The highest BCUT2D eigenvalue weighted by atomic mass is 16.5. The molecule has 0 amide bonds. The van der Waals surface area contributed by atoms with Crippen molar-refractivity contribution in [2.75, 3.05) is 6.54 Å². The molecular formula is C27H40N2O2. The number of nitrogens with one attached hydrogen (secondary N) is 1. The number of hydrogen-bond donors (Lipinski definition) is 2. The molecule has 9 atom stereocenters. The molecule has 2 heterocycles. The number of allylic oxidation sites excluding steroid dienone is 3. The molecule has 4 nitrogen and oxygen atoms in total. The van der Waals surface area contributed by atoms with E-state index >= 15 is 0 Å². The van der Waals surface area contributed by atoms with Gasteiger partial charge < -0.3 is 15.8 Å². The molecule has 2 aliphatic heterocycles. The number of nitrogens with two attached hydrogens (primary N) is 1. The Morgan fingerprint density at radius 2 is 2.00 bits per heavy atom. The molecule has 2 saturated carbocycles. The molecule has 3 N–H and O–H groups in total. The number of hydrogen-bond acceptors (Lipinski definition) is 4. The molecule has 0 aromatic carbocycles. The van der Waals surface area contributed by atoms with Gasteiger partial charge in [0, 0.05) is 12.3 Å². The lowest BCUT2D eigenvalue weighted by atomic mass is 9.56. The molecule has 0 bridgehead atoms. The SMILES string of the molecule is CC1=C2C[C@H]3[C@@H](CCC4=CC(=O)CC[C@@]43C)[C@@H]2CC[C@]12O[C@]1(N)C[C@H](C)CN[C@H]1[C@H]2C. The van der Waals surface area contributed by atoms with E-state index in [1.54, 1.807) is 5.57 Å². The molecule has 0 radical (unpaired) electrons. The van der Waals surface area contributed by atoms with E-state index in [2.05, 4.69) is 33.0 Å². The number of piperidine rings is 1. The first-order valence-corrected chi connectivity index (χ1v) is 12.8. The fraction of sp³-hybridized carbons (Fsp3) is 0.815. The molecule has 4 aliphatic carbocycles. The third-order valence-electron chi connectivity index (χ3n) is 10.9. The third-order valence-corrected chi connectivity index (χ3v) is 10.9. The summed E-state index contributed by atoms with van der Waals surface area (Å²) in [5.74, 6) is 3.49. The Hall–Kier alpha value is -0.970. The van der Waals surface area contributed by atoms with E-state index in [-0.39, 0.29) is 17.1 Å². The van der Waals surface area contributed by atoms with Gasteiger partial charge in [-0.3, -0.25) is 4.79 Å². The van der Waals surface area contributed by atoms with Crippen molar-refractivity contribution in [1.29, 1.82) is 0 Å². The summed E-state index contributed by atoms with van der Waals surface area (Å²) >= 11 is 0. The quantitative estimate of drug-likeness (QED) is 0.562. The highest BCUT2D eigenvalue weighted by Crippen LogP contribution is 2.65. The van der Waals surface area contributed by atoms with Crippen LogP contribution in [0.25, 0.3) is 0 Å². The number of rotatable bonds is 0. The van der Waals surface area contributed by atoms with Crippen molar-refractivity contribution >= 4 is 5.78 Å². The summed E-state index contributed by atoms with van der Waals surface area (Å²) in [4.78, 5) is 12.1. The van der Waals surface area contributed by atoms with Gasteiger partial charge in [0.1, 0.15) is 5.72 Å². The van der Waals surface area contributed by atoms with Gasteiger partial charge in [-0.25, -0.2) is 0 Å². The van der Waals surface area contributed by atoms with Gasteiger partial charge in [0.05, 0.1) is 11.6 Å². The minimum atomic E-state index is -0.539. The van der Waals surface area contributed by atoms with E-state index in [4.69, 9.17) is 10.5 Å². The van der Waals surface area contributed by atoms with E-state index in [0.29, 0.717) is 29.5 Å². The van der Waals surface area contributed by atoms with E-state index in [9.17, 15) is 4.79 Å². The zero-order chi connectivity index (χ0) is 21.8. The van der Waals surface area contributed by atoms with E-state index in [1.165, 1.54) is 30.4 Å². The molecule has 2 saturated heterocycles. The van der Waals surface area contributed by atoms with Crippen molar-refractivity contribution in [3.8, 4) is 0 Å². The van der Waals surface area contributed by atoms with E-state index < -0.39 is 5.72 Å². The first kappa shape index (κ1) is 20.6. The van der Waals surface area contributed by atoms with Gasteiger partial charge in [-0.2, -0.15) is 0 Å². The lowest BCUT2D eigenvalue weighted by Gasteiger charge is -2.48. The first-order chi connectivity index (χ1) is 14.7. The van der Waals surface area contributed by atoms with Gasteiger partial charge in [0.2, 0.25) is 0 Å². The lowest BCUT2D eigenvalue weighted by Crippen LogP contribution is -2.61. The molecule has 0 aromatic heterocycles. The Balaban J connectivity index is 1.37. The molecule has 4 fully saturated rings. The summed E-state index contributed by atoms with van der Waals surface area (Å²) in [6, 6.07) is 0.246. The van der Waals surface area contributed by atoms with Gasteiger partial charge in [-0.1, -0.05) is 31.9 Å². The predicted octanol–water partition coefficient (Wildman–Crippen LogP) is 4.50. The van der Waals surface area contributed by atoms with Gasteiger partial charge in [0.15, 0.2) is 5.78 Å². The predicted molar refractivity (Wildman–Crippen MR) is 122 cm³/mol. The van der Waals surface area contributed by atoms with Gasteiger partial charge in [-0.05, 0) is 99.1 Å². The lowest BCUT2D eigenvalue weighted by molar-refractivity contribution is -0.118. The molecule has 6 rings (SSSR count). The fourth-order valence-electron chi connectivity index (χ4n) is 9.25. The number of carbonyl (C=O) groups excluding carboxylic acids is 1. The van der Waals surface area contributed by atoms with Crippen LogP contribution in [0.4, 0.5) is 0 Å². The molecular weight excluding hydrogens is 384 g/mol. The Morgan fingerprint density at radius 1 is 1.19 bits per heavy atom. The minimum absolute atomic E-state index is 0.197. The first-order valence-electron chi connectivity index (χ1n) is 12.8. The number of ether oxygens (including phenoxy) is 1. The van der Waals surface area contributed by atoms with Crippen LogP contribution in [0, 0.1) is 35.0 Å². The van der Waals surface area contributed by atoms with Crippen LogP contribution in [0.5, 0.6) is 0 Å². The summed E-state index contributed by atoms with van der Waals surface area (Å²) in [6.45, 7) is 10.5. The molecule has 0 aromatic rings. The van der Waals surface area contributed by atoms with Crippen LogP contribution < -0.4 is 11.1 Å². The largest absolute Gasteiger partial charge is 0.348 e. The van der Waals surface area contributed by atoms with E-state index in [1.807, 2.05) is 6.08 Å². The van der Waals surface area contributed by atoms with Crippen LogP contribution in [0.2, 0.25) is 0 Å². The van der Waals surface area contributed by atoms with Crippen LogP contribution in [-0.4, -0.2) is 29.7 Å². The highest BCUT2D eigenvalue weighted by molar-refractivity contribution is 5.91. The topological polar surface area (TPSA) is 64.3 Å². The number of carbonyl (C=O) groups is 1. The molecule has 6 aliphatic rings. The summed E-state index contributed by atoms with van der Waals surface area (Å²) in [6.07, 6.45) is 10.7. The third kappa shape index (κ3) is 2.62. The highest BCUT2D eigenvalue weighted by Gasteiger charge is 2.64. The van der Waals surface area contributed by atoms with Crippen molar-refractivity contribution < 1.29 is 9.53 Å².